The zero-order valence-corrected chi connectivity index (χ0v) is 22.5. The molecule has 0 aliphatic carbocycles. The maximum absolute atomic E-state index is 12.8. The Bertz CT molecular complexity index is 1320. The van der Waals surface area contributed by atoms with Gasteiger partial charge in [0.05, 0.1) is 16.7 Å². The highest BCUT2D eigenvalue weighted by Gasteiger charge is 2.29. The molecule has 7 nitrogen and oxygen atoms in total. The standard InChI is InChI=1S/C26H28ClN2O5S2/c1-17(2)34-26(31)25-23(30)22(27)24(35-25)19-9-6-10-21(15-19)28-20-11-13-29(14-12-20)36(32,33)16-18-7-4-3-5-8-18/h3-10,15,17,20,28H,11-14,16H2,1-2H3. The number of piperidine rings is 1. The molecule has 1 aromatic heterocycles. The molecule has 4 rings (SSSR count). The molecule has 10 heteroatoms. The van der Waals surface area contributed by atoms with Crippen LogP contribution in [0.15, 0.2) is 54.6 Å². The van der Waals surface area contributed by atoms with Crippen molar-refractivity contribution < 1.29 is 23.1 Å². The zero-order chi connectivity index (χ0) is 25.9. The van der Waals surface area contributed by atoms with Crippen molar-refractivity contribution in [3.05, 3.63) is 70.1 Å². The topological polar surface area (TPSA) is 95.6 Å². The summed E-state index contributed by atoms with van der Waals surface area (Å²) in [5.74, 6) is -1.19. The average molecular weight is 548 g/mol. The molecule has 0 spiro atoms. The number of sulfonamides is 1. The molecule has 1 radical (unpaired) electrons. The molecule has 1 N–H and O–H groups in total. The minimum Gasteiger partial charge on any atom is -0.459 e. The lowest BCUT2D eigenvalue weighted by atomic mass is 10.1. The molecule has 1 aliphatic heterocycles. The molecule has 0 bridgehead atoms. The summed E-state index contributed by atoms with van der Waals surface area (Å²) in [5.41, 5.74) is 2.34. The van der Waals surface area contributed by atoms with Gasteiger partial charge in [-0.15, -0.1) is 11.3 Å². The number of nitrogens with one attached hydrogen (secondary N) is 1. The first kappa shape index (κ1) is 26.5. The van der Waals surface area contributed by atoms with Crippen LogP contribution in [0, 0.1) is 0 Å². The van der Waals surface area contributed by atoms with Gasteiger partial charge < -0.3 is 10.1 Å². The van der Waals surface area contributed by atoms with Crippen LogP contribution in [0.25, 0.3) is 10.4 Å². The quantitative estimate of drug-likeness (QED) is 0.339. The van der Waals surface area contributed by atoms with E-state index >= 15 is 0 Å². The Labute approximate surface area is 220 Å². The summed E-state index contributed by atoms with van der Waals surface area (Å²) in [4.78, 5) is 12.8. The Morgan fingerprint density at radius 1 is 1.14 bits per heavy atom. The number of carbonyl (C=O) groups is 1. The van der Waals surface area contributed by atoms with Crippen molar-refractivity contribution in [1.82, 2.24) is 4.31 Å². The minimum atomic E-state index is -3.37. The molecule has 1 aliphatic rings. The lowest BCUT2D eigenvalue weighted by Crippen LogP contribution is -2.42. The average Bonchev–Trinajstić information content (AvgIpc) is 3.14. The van der Waals surface area contributed by atoms with E-state index in [1.54, 1.807) is 18.2 Å². The number of esters is 1. The molecule has 3 aromatic rings. The molecule has 0 amide bonds. The number of ether oxygens (including phenoxy) is 1. The van der Waals surface area contributed by atoms with E-state index in [4.69, 9.17) is 16.3 Å². The van der Waals surface area contributed by atoms with Gasteiger partial charge in [-0.2, -0.15) is 0 Å². The molecule has 0 saturated carbocycles. The molecule has 191 valence electrons. The number of halogens is 1. The molecule has 0 unspecified atom stereocenters. The van der Waals surface area contributed by atoms with Crippen molar-refractivity contribution in [3.63, 3.8) is 0 Å². The number of nitrogens with zero attached hydrogens (tertiary/aromatic N) is 1. The second kappa shape index (κ2) is 11.2. The summed E-state index contributed by atoms with van der Waals surface area (Å²) in [6, 6.07) is 16.8. The molecule has 0 atom stereocenters. The first-order valence-electron chi connectivity index (χ1n) is 11.7. The van der Waals surface area contributed by atoms with Crippen LogP contribution >= 0.6 is 22.9 Å². The fourth-order valence-corrected chi connectivity index (χ4v) is 7.02. The lowest BCUT2D eigenvalue weighted by molar-refractivity contribution is 0.0379. The summed E-state index contributed by atoms with van der Waals surface area (Å²) in [5, 5.41) is 16.0. The van der Waals surface area contributed by atoms with Gasteiger partial charge in [0.25, 0.3) is 0 Å². The summed E-state index contributed by atoms with van der Waals surface area (Å²) in [6.07, 6.45) is 1.01. The van der Waals surface area contributed by atoms with Crippen molar-refractivity contribution in [2.45, 2.75) is 44.6 Å². The van der Waals surface area contributed by atoms with Gasteiger partial charge in [0.2, 0.25) is 15.8 Å². The number of rotatable bonds is 8. The number of hydrogen-bond acceptors (Lipinski definition) is 6. The van der Waals surface area contributed by atoms with Crippen molar-refractivity contribution >= 4 is 44.6 Å². The SMILES string of the molecule is CC(C)OC(=O)c1sc(-c2cccc(NC3CCN(S(=O)(=O)Cc4ccccc4)CC3)c2)c(Cl)c1[O]. The third-order valence-corrected chi connectivity index (χ3v) is 9.39. The monoisotopic (exact) mass is 547 g/mol. The van der Waals surface area contributed by atoms with Crippen molar-refractivity contribution in [3.8, 4) is 16.2 Å². The van der Waals surface area contributed by atoms with Crippen molar-refractivity contribution in [2.24, 2.45) is 0 Å². The largest absolute Gasteiger partial charge is 0.459 e. The Morgan fingerprint density at radius 3 is 2.50 bits per heavy atom. The maximum atomic E-state index is 12.8. The summed E-state index contributed by atoms with van der Waals surface area (Å²) < 4.78 is 32.4. The van der Waals surface area contributed by atoms with Gasteiger partial charge in [-0.3, -0.25) is 5.11 Å². The first-order chi connectivity index (χ1) is 17.1. The van der Waals surface area contributed by atoms with Gasteiger partial charge >= 0.3 is 5.97 Å². The highest BCUT2D eigenvalue weighted by atomic mass is 35.5. The highest BCUT2D eigenvalue weighted by Crippen LogP contribution is 2.46. The molecular weight excluding hydrogens is 520 g/mol. The molecule has 1 fully saturated rings. The molecule has 2 heterocycles. The predicted octanol–water partition coefficient (Wildman–Crippen LogP) is 6.18. The van der Waals surface area contributed by atoms with Crippen LogP contribution in [-0.2, 0) is 25.6 Å². The van der Waals surface area contributed by atoms with E-state index in [0.29, 0.717) is 30.8 Å². The summed E-state index contributed by atoms with van der Waals surface area (Å²) in [7, 11) is -3.37. The molecule has 36 heavy (non-hydrogen) atoms. The van der Waals surface area contributed by atoms with E-state index in [9.17, 15) is 18.3 Å². The normalized spacial score (nSPS) is 15.2. The van der Waals surface area contributed by atoms with E-state index in [1.165, 1.54) is 0 Å². The Balaban J connectivity index is 1.41. The van der Waals surface area contributed by atoms with E-state index < -0.39 is 21.7 Å². The van der Waals surface area contributed by atoms with Crippen LogP contribution in [0.2, 0.25) is 5.02 Å². The fourth-order valence-electron chi connectivity index (χ4n) is 4.12. The fraction of sp³-hybridized carbons (Fsp3) is 0.346. The molecule has 1 saturated heterocycles. The minimum absolute atomic E-state index is 0.00392. The number of benzene rings is 2. The first-order valence-corrected chi connectivity index (χ1v) is 14.5. The second-order valence-corrected chi connectivity index (χ2v) is 12.4. The van der Waals surface area contributed by atoms with Crippen molar-refractivity contribution in [2.75, 3.05) is 18.4 Å². The third kappa shape index (κ3) is 6.21. The van der Waals surface area contributed by atoms with Crippen LogP contribution in [-0.4, -0.2) is 43.9 Å². The third-order valence-electron chi connectivity index (χ3n) is 5.87. The van der Waals surface area contributed by atoms with Gasteiger partial charge in [0.1, 0.15) is 5.02 Å². The molecule has 2 aromatic carbocycles. The van der Waals surface area contributed by atoms with Gasteiger partial charge in [0.15, 0.2) is 4.88 Å². The van der Waals surface area contributed by atoms with Gasteiger partial charge in [-0.25, -0.2) is 17.5 Å². The van der Waals surface area contributed by atoms with Gasteiger partial charge in [-0.1, -0.05) is 54.1 Å². The lowest BCUT2D eigenvalue weighted by Gasteiger charge is -2.32. The number of thiophene rings is 1. The van der Waals surface area contributed by atoms with Crippen molar-refractivity contribution in [1.29, 1.82) is 0 Å². The second-order valence-electron chi connectivity index (χ2n) is 9.00. The number of anilines is 1. The van der Waals surface area contributed by atoms with Crippen LogP contribution in [0.3, 0.4) is 0 Å². The van der Waals surface area contributed by atoms with Crippen LogP contribution in [0.5, 0.6) is 5.75 Å². The molecular formula is C26H28ClN2O5S2. The van der Waals surface area contributed by atoms with Gasteiger partial charge in [-0.05, 0) is 49.9 Å². The Kier molecular flexibility index (Phi) is 8.24. The maximum Gasteiger partial charge on any atom is 0.352 e. The highest BCUT2D eigenvalue weighted by molar-refractivity contribution is 7.88. The van der Waals surface area contributed by atoms with E-state index in [-0.39, 0.29) is 27.8 Å². The van der Waals surface area contributed by atoms with E-state index in [1.807, 2.05) is 54.6 Å². The Hall–Kier alpha value is -2.59. The van der Waals surface area contributed by atoms with Crippen LogP contribution in [0.4, 0.5) is 5.69 Å². The Morgan fingerprint density at radius 2 is 1.83 bits per heavy atom. The zero-order valence-electron chi connectivity index (χ0n) is 20.1. The van der Waals surface area contributed by atoms with E-state index in [2.05, 4.69) is 5.32 Å². The van der Waals surface area contributed by atoms with Crippen LogP contribution in [0.1, 0.15) is 41.9 Å². The summed E-state index contributed by atoms with van der Waals surface area (Å²) >= 11 is 7.32. The number of carbonyl (C=O) groups excluding carboxylic acids is 1. The smallest absolute Gasteiger partial charge is 0.352 e. The van der Waals surface area contributed by atoms with E-state index in [0.717, 1.165) is 28.2 Å². The summed E-state index contributed by atoms with van der Waals surface area (Å²) in [6.45, 7) is 4.34. The number of hydrogen-bond donors (Lipinski definition) is 1. The van der Waals surface area contributed by atoms with Crippen LogP contribution < -0.4 is 5.32 Å². The predicted molar refractivity (Wildman–Crippen MR) is 143 cm³/mol. The van der Waals surface area contributed by atoms with Gasteiger partial charge in [0, 0.05) is 24.8 Å².